The number of anilines is 2. The van der Waals surface area contributed by atoms with Crippen LogP contribution in [-0.2, 0) is 4.74 Å². The fourth-order valence-corrected chi connectivity index (χ4v) is 4.46. The van der Waals surface area contributed by atoms with Gasteiger partial charge >= 0.3 is 0 Å². The number of ether oxygens (including phenoxy) is 1. The molecule has 1 fully saturated rings. The van der Waals surface area contributed by atoms with E-state index >= 15 is 0 Å². The molecule has 24 heavy (non-hydrogen) atoms. The van der Waals surface area contributed by atoms with E-state index in [-0.39, 0.29) is 0 Å². The molecule has 4 rings (SSSR count). The Morgan fingerprint density at radius 3 is 2.75 bits per heavy atom. The number of nitrogens with zero attached hydrogens (tertiary/aromatic N) is 2. The van der Waals surface area contributed by atoms with Crippen LogP contribution in [0.15, 0.2) is 30.6 Å². The van der Waals surface area contributed by atoms with Gasteiger partial charge in [-0.05, 0) is 49.1 Å². The summed E-state index contributed by atoms with van der Waals surface area (Å²) in [6, 6.07) is 6.78. The van der Waals surface area contributed by atoms with Gasteiger partial charge in [-0.3, -0.25) is 0 Å². The fourth-order valence-electron chi connectivity index (χ4n) is 4.46. The van der Waals surface area contributed by atoms with E-state index in [1.54, 1.807) is 0 Å². The number of hydrogen-bond acceptors (Lipinski definition) is 4. The summed E-state index contributed by atoms with van der Waals surface area (Å²) in [5.74, 6) is 2.55. The Labute approximate surface area is 145 Å². The summed E-state index contributed by atoms with van der Waals surface area (Å²) in [5, 5.41) is 7.00. The van der Waals surface area contributed by atoms with Crippen molar-refractivity contribution in [3.8, 4) is 0 Å². The molecule has 1 aromatic rings. The van der Waals surface area contributed by atoms with Gasteiger partial charge in [0.1, 0.15) is 5.82 Å². The maximum absolute atomic E-state index is 7.00. The Balaban J connectivity index is 0.000000815. The van der Waals surface area contributed by atoms with Crippen molar-refractivity contribution in [3.05, 3.63) is 36.2 Å². The molecule has 0 radical (unpaired) electrons. The van der Waals surface area contributed by atoms with E-state index in [0.717, 1.165) is 26.1 Å². The standard InChI is InChI=1S/C19H26N2O.CH4O/c1-13-9-10-20-14(2)21(12-15-7-8-16(11-15)22-3)18-6-4-5-17(13)19(18)20;1-2/h4-6,13,15-16H,2,7-12H2,1,3H3;2H,1H3. The minimum atomic E-state index is 0.457. The van der Waals surface area contributed by atoms with E-state index in [1.807, 2.05) is 7.11 Å². The van der Waals surface area contributed by atoms with E-state index < -0.39 is 0 Å². The van der Waals surface area contributed by atoms with Crippen molar-refractivity contribution >= 4 is 11.4 Å². The molecule has 1 N–H and O–H groups in total. The smallest absolute Gasteiger partial charge is 0.106 e. The molecule has 0 saturated heterocycles. The van der Waals surface area contributed by atoms with Gasteiger partial charge in [-0.2, -0.15) is 0 Å². The van der Waals surface area contributed by atoms with Crippen LogP contribution in [0.4, 0.5) is 11.4 Å². The minimum absolute atomic E-state index is 0.457. The zero-order chi connectivity index (χ0) is 17.3. The second kappa shape index (κ2) is 7.16. The van der Waals surface area contributed by atoms with E-state index in [4.69, 9.17) is 9.84 Å². The monoisotopic (exact) mass is 330 g/mol. The zero-order valence-electron chi connectivity index (χ0n) is 15.2. The Hall–Kier alpha value is -1.52. The molecule has 2 aliphatic heterocycles. The summed E-state index contributed by atoms with van der Waals surface area (Å²) in [6.45, 7) is 8.94. The van der Waals surface area contributed by atoms with Crippen LogP contribution in [-0.4, -0.2) is 38.5 Å². The highest BCUT2D eigenvalue weighted by atomic mass is 16.5. The molecule has 0 bridgehead atoms. The maximum atomic E-state index is 7.00. The van der Waals surface area contributed by atoms with Crippen molar-refractivity contribution < 1.29 is 9.84 Å². The van der Waals surface area contributed by atoms with Crippen molar-refractivity contribution in [1.29, 1.82) is 0 Å². The summed E-state index contributed by atoms with van der Waals surface area (Å²) in [5.41, 5.74) is 4.29. The number of methoxy groups -OCH3 is 1. The van der Waals surface area contributed by atoms with Crippen LogP contribution < -0.4 is 9.80 Å². The first kappa shape index (κ1) is 17.3. The predicted octanol–water partition coefficient (Wildman–Crippen LogP) is 3.72. The third-order valence-electron chi connectivity index (χ3n) is 5.81. The second-order valence-electron chi connectivity index (χ2n) is 7.12. The molecular formula is C20H30N2O2. The zero-order valence-corrected chi connectivity index (χ0v) is 15.2. The van der Waals surface area contributed by atoms with Gasteiger partial charge < -0.3 is 19.6 Å². The van der Waals surface area contributed by atoms with E-state index in [0.29, 0.717) is 12.0 Å². The van der Waals surface area contributed by atoms with Crippen molar-refractivity contribution in [2.75, 3.05) is 37.1 Å². The van der Waals surface area contributed by atoms with Crippen LogP contribution in [0.5, 0.6) is 0 Å². The summed E-state index contributed by atoms with van der Waals surface area (Å²) >= 11 is 0. The van der Waals surface area contributed by atoms with Gasteiger partial charge in [0.15, 0.2) is 0 Å². The highest BCUT2D eigenvalue weighted by Crippen LogP contribution is 2.49. The molecule has 1 aliphatic carbocycles. The lowest BCUT2D eigenvalue weighted by atomic mass is 9.91. The molecule has 3 aliphatic rings. The van der Waals surface area contributed by atoms with Gasteiger partial charge in [-0.25, -0.2) is 0 Å². The topological polar surface area (TPSA) is 35.9 Å². The predicted molar refractivity (Wildman–Crippen MR) is 99.6 cm³/mol. The molecule has 2 heterocycles. The highest BCUT2D eigenvalue weighted by molar-refractivity contribution is 5.86. The Bertz CT molecular complexity index is 601. The normalized spacial score (nSPS) is 27.8. The van der Waals surface area contributed by atoms with Gasteiger partial charge in [-0.15, -0.1) is 0 Å². The number of aliphatic hydroxyl groups excluding tert-OH is 1. The first-order valence-corrected chi connectivity index (χ1v) is 9.03. The molecule has 1 aromatic carbocycles. The van der Waals surface area contributed by atoms with E-state index in [1.165, 1.54) is 48.4 Å². The molecule has 3 atom stereocenters. The average molecular weight is 330 g/mol. The van der Waals surface area contributed by atoms with Crippen LogP contribution in [0.3, 0.4) is 0 Å². The summed E-state index contributed by atoms with van der Waals surface area (Å²) in [6.07, 6.45) is 5.34. The lowest BCUT2D eigenvalue weighted by molar-refractivity contribution is 0.106. The first-order valence-electron chi connectivity index (χ1n) is 9.03. The van der Waals surface area contributed by atoms with E-state index in [2.05, 4.69) is 41.5 Å². The first-order chi connectivity index (χ1) is 11.7. The van der Waals surface area contributed by atoms with Gasteiger partial charge in [0.05, 0.1) is 17.5 Å². The lowest BCUT2D eigenvalue weighted by Crippen LogP contribution is -2.33. The molecule has 4 heteroatoms. The van der Waals surface area contributed by atoms with Gasteiger partial charge in [-0.1, -0.05) is 25.6 Å². The molecular weight excluding hydrogens is 300 g/mol. The van der Waals surface area contributed by atoms with Crippen LogP contribution in [0, 0.1) is 5.92 Å². The second-order valence-corrected chi connectivity index (χ2v) is 7.12. The van der Waals surface area contributed by atoms with Crippen LogP contribution in [0.2, 0.25) is 0 Å². The molecule has 0 amide bonds. The Morgan fingerprint density at radius 1 is 1.25 bits per heavy atom. The molecule has 1 saturated carbocycles. The SMILES string of the molecule is C=C1N(CC2CCC(OC)C2)c2cccc3c2N1CCC3C.CO. The molecule has 0 spiro atoms. The van der Waals surface area contributed by atoms with Crippen molar-refractivity contribution in [2.24, 2.45) is 5.92 Å². The van der Waals surface area contributed by atoms with E-state index in [9.17, 15) is 0 Å². The number of benzene rings is 1. The molecule has 3 unspecified atom stereocenters. The third-order valence-corrected chi connectivity index (χ3v) is 5.81. The van der Waals surface area contributed by atoms with Crippen molar-refractivity contribution in [3.63, 3.8) is 0 Å². The van der Waals surface area contributed by atoms with Crippen molar-refractivity contribution in [2.45, 2.75) is 44.6 Å². The highest BCUT2D eigenvalue weighted by Gasteiger charge is 2.37. The minimum Gasteiger partial charge on any atom is -0.400 e. The van der Waals surface area contributed by atoms with Crippen LogP contribution in [0.1, 0.15) is 44.1 Å². The van der Waals surface area contributed by atoms with Gasteiger partial charge in [0.25, 0.3) is 0 Å². The third kappa shape index (κ3) is 2.82. The number of para-hydroxylation sites is 1. The quantitative estimate of drug-likeness (QED) is 0.916. The number of rotatable bonds is 3. The molecule has 132 valence electrons. The lowest BCUT2D eigenvalue weighted by Gasteiger charge is -2.31. The van der Waals surface area contributed by atoms with Crippen LogP contribution >= 0.6 is 0 Å². The Morgan fingerprint density at radius 2 is 2.04 bits per heavy atom. The van der Waals surface area contributed by atoms with Crippen LogP contribution in [0.25, 0.3) is 0 Å². The van der Waals surface area contributed by atoms with Gasteiger partial charge in [0, 0.05) is 27.3 Å². The van der Waals surface area contributed by atoms with Crippen molar-refractivity contribution in [1.82, 2.24) is 0 Å². The molecule has 4 nitrogen and oxygen atoms in total. The maximum Gasteiger partial charge on any atom is 0.106 e. The number of hydrogen-bond donors (Lipinski definition) is 1. The average Bonchev–Trinajstić information content (AvgIpc) is 3.18. The summed E-state index contributed by atoms with van der Waals surface area (Å²) in [7, 11) is 2.84. The fraction of sp³-hybridized carbons (Fsp3) is 0.600. The summed E-state index contributed by atoms with van der Waals surface area (Å²) in [4.78, 5) is 4.90. The number of aliphatic hydroxyl groups is 1. The summed E-state index contributed by atoms with van der Waals surface area (Å²) < 4.78 is 5.54. The largest absolute Gasteiger partial charge is 0.400 e. The Kier molecular flexibility index (Phi) is 5.16. The van der Waals surface area contributed by atoms with Gasteiger partial charge in [0.2, 0.25) is 0 Å². The molecule has 0 aromatic heterocycles.